The lowest BCUT2D eigenvalue weighted by atomic mass is 10.1. The van der Waals surface area contributed by atoms with Gasteiger partial charge in [-0.2, -0.15) is 0 Å². The fourth-order valence-corrected chi connectivity index (χ4v) is 4.46. The number of carbonyl (C=O) groups excluding carboxylic acids is 2. The van der Waals surface area contributed by atoms with Crippen molar-refractivity contribution in [3.63, 3.8) is 0 Å². The molecular formula is C21H19BrN2O2S2. The van der Waals surface area contributed by atoms with E-state index in [-0.39, 0.29) is 24.8 Å². The number of carbonyl (C=O) groups is 2. The molecule has 1 aliphatic rings. The molecule has 3 rings (SSSR count). The molecule has 2 aromatic carbocycles. The number of thioether (sulfide) groups is 1. The molecule has 7 heteroatoms. The van der Waals surface area contributed by atoms with Gasteiger partial charge < -0.3 is 5.32 Å². The molecule has 0 unspecified atom stereocenters. The summed E-state index contributed by atoms with van der Waals surface area (Å²) in [7, 11) is 0. The Morgan fingerprint density at radius 3 is 2.71 bits per heavy atom. The van der Waals surface area contributed by atoms with Crippen LogP contribution in [0, 0.1) is 0 Å². The standard InChI is InChI=1S/C21H19BrN2O2S2/c22-17-8-4-7-16(13-17)14-18-20(26)24(21(27)28-18)12-10-19(25)23-11-9-15-5-2-1-3-6-15/h1-8,13-14H,9-12H2,(H,23,25)/b18-14-. The summed E-state index contributed by atoms with van der Waals surface area (Å²) in [6, 6.07) is 17.7. The van der Waals surface area contributed by atoms with Crippen molar-refractivity contribution >= 4 is 62.1 Å². The van der Waals surface area contributed by atoms with Crippen LogP contribution >= 0.6 is 39.9 Å². The fourth-order valence-electron chi connectivity index (χ4n) is 2.73. The van der Waals surface area contributed by atoms with Crippen LogP contribution in [-0.2, 0) is 16.0 Å². The smallest absolute Gasteiger partial charge is 0.266 e. The van der Waals surface area contributed by atoms with E-state index < -0.39 is 0 Å². The Morgan fingerprint density at radius 1 is 1.18 bits per heavy atom. The Labute approximate surface area is 182 Å². The summed E-state index contributed by atoms with van der Waals surface area (Å²) in [6.07, 6.45) is 2.83. The Balaban J connectivity index is 1.49. The van der Waals surface area contributed by atoms with E-state index in [1.165, 1.54) is 22.2 Å². The van der Waals surface area contributed by atoms with Gasteiger partial charge in [0.2, 0.25) is 5.91 Å². The average molecular weight is 475 g/mol. The predicted octanol–water partition coefficient (Wildman–Crippen LogP) is 4.40. The summed E-state index contributed by atoms with van der Waals surface area (Å²) >= 11 is 10.0. The number of benzene rings is 2. The van der Waals surface area contributed by atoms with Crippen molar-refractivity contribution in [3.05, 3.63) is 75.1 Å². The third-order valence-corrected chi connectivity index (χ3v) is 6.03. The van der Waals surface area contributed by atoms with Crippen LogP contribution in [0.1, 0.15) is 17.5 Å². The van der Waals surface area contributed by atoms with Crippen LogP contribution in [0.2, 0.25) is 0 Å². The van der Waals surface area contributed by atoms with Crippen LogP contribution in [0.5, 0.6) is 0 Å². The molecule has 1 saturated heterocycles. The van der Waals surface area contributed by atoms with E-state index in [0.29, 0.717) is 15.8 Å². The SMILES string of the molecule is O=C(CCN1C(=O)/C(=C/c2cccc(Br)c2)SC1=S)NCCc1ccccc1. The van der Waals surface area contributed by atoms with Crippen molar-refractivity contribution in [2.24, 2.45) is 0 Å². The van der Waals surface area contributed by atoms with E-state index in [1.54, 1.807) is 0 Å². The summed E-state index contributed by atoms with van der Waals surface area (Å²) in [4.78, 5) is 26.8. The number of nitrogens with zero attached hydrogens (tertiary/aromatic N) is 1. The molecule has 1 aliphatic heterocycles. The van der Waals surface area contributed by atoms with Crippen LogP contribution < -0.4 is 5.32 Å². The van der Waals surface area contributed by atoms with Crippen LogP contribution in [-0.4, -0.2) is 34.1 Å². The third kappa shape index (κ3) is 5.77. The van der Waals surface area contributed by atoms with Crippen LogP contribution in [0.3, 0.4) is 0 Å². The number of hydrogen-bond acceptors (Lipinski definition) is 4. The Hall–Kier alpha value is -1.96. The Bertz CT molecular complexity index is 916. The maximum absolute atomic E-state index is 12.6. The van der Waals surface area contributed by atoms with Gasteiger partial charge in [-0.25, -0.2) is 0 Å². The Morgan fingerprint density at radius 2 is 1.96 bits per heavy atom. The van der Waals surface area contributed by atoms with Crippen LogP contribution in [0.25, 0.3) is 6.08 Å². The quantitative estimate of drug-likeness (QED) is 0.477. The zero-order chi connectivity index (χ0) is 19.9. The van der Waals surface area contributed by atoms with Gasteiger partial charge in [0.25, 0.3) is 5.91 Å². The minimum atomic E-state index is -0.146. The van der Waals surface area contributed by atoms with Crippen LogP contribution in [0.4, 0.5) is 0 Å². The molecule has 0 radical (unpaired) electrons. The molecule has 4 nitrogen and oxygen atoms in total. The topological polar surface area (TPSA) is 49.4 Å². The number of hydrogen-bond donors (Lipinski definition) is 1. The van der Waals surface area contributed by atoms with Crippen LogP contribution in [0.15, 0.2) is 64.0 Å². The van der Waals surface area contributed by atoms with Crippen molar-refractivity contribution in [2.45, 2.75) is 12.8 Å². The normalized spacial score (nSPS) is 15.3. The number of nitrogens with one attached hydrogen (secondary N) is 1. The molecule has 1 heterocycles. The van der Waals surface area contributed by atoms with Gasteiger partial charge in [0.05, 0.1) is 4.91 Å². The highest BCUT2D eigenvalue weighted by Crippen LogP contribution is 2.32. The lowest BCUT2D eigenvalue weighted by Gasteiger charge is -2.14. The van der Waals surface area contributed by atoms with Crippen molar-refractivity contribution in [1.29, 1.82) is 0 Å². The zero-order valence-electron chi connectivity index (χ0n) is 15.1. The molecule has 28 heavy (non-hydrogen) atoms. The molecular weight excluding hydrogens is 456 g/mol. The summed E-state index contributed by atoms with van der Waals surface area (Å²) in [6.45, 7) is 0.863. The monoisotopic (exact) mass is 474 g/mol. The number of amides is 2. The first-order valence-corrected chi connectivity index (χ1v) is 10.9. The number of halogens is 1. The second kappa shape index (κ2) is 10.0. The first-order valence-electron chi connectivity index (χ1n) is 8.84. The third-order valence-electron chi connectivity index (χ3n) is 4.16. The van der Waals surface area contributed by atoms with E-state index in [4.69, 9.17) is 12.2 Å². The van der Waals surface area contributed by atoms with Gasteiger partial charge in [-0.15, -0.1) is 0 Å². The lowest BCUT2D eigenvalue weighted by molar-refractivity contribution is -0.123. The summed E-state index contributed by atoms with van der Waals surface area (Å²) in [5.74, 6) is -0.229. The minimum absolute atomic E-state index is 0.0825. The van der Waals surface area contributed by atoms with Gasteiger partial charge in [-0.05, 0) is 35.8 Å². The maximum Gasteiger partial charge on any atom is 0.266 e. The number of thiocarbonyl (C=S) groups is 1. The van der Waals surface area contributed by atoms with Gasteiger partial charge in [0, 0.05) is 24.0 Å². The van der Waals surface area contributed by atoms with Gasteiger partial charge in [-0.1, -0.05) is 82.4 Å². The van der Waals surface area contributed by atoms with Crippen molar-refractivity contribution in [1.82, 2.24) is 10.2 Å². The lowest BCUT2D eigenvalue weighted by Crippen LogP contribution is -2.34. The van der Waals surface area contributed by atoms with E-state index in [1.807, 2.05) is 60.7 Å². The van der Waals surface area contributed by atoms with Crippen molar-refractivity contribution in [2.75, 3.05) is 13.1 Å². The molecule has 0 aliphatic carbocycles. The molecule has 0 bridgehead atoms. The van der Waals surface area contributed by atoms with E-state index in [2.05, 4.69) is 21.2 Å². The molecule has 2 aromatic rings. The molecule has 0 atom stereocenters. The molecule has 0 saturated carbocycles. The average Bonchev–Trinajstić information content (AvgIpc) is 2.94. The molecule has 1 N–H and O–H groups in total. The van der Waals surface area contributed by atoms with Gasteiger partial charge in [0.1, 0.15) is 4.32 Å². The largest absolute Gasteiger partial charge is 0.356 e. The highest BCUT2D eigenvalue weighted by molar-refractivity contribution is 9.10. The number of rotatable bonds is 7. The first kappa shape index (κ1) is 20.8. The highest BCUT2D eigenvalue weighted by atomic mass is 79.9. The molecule has 144 valence electrons. The van der Waals surface area contributed by atoms with Crippen molar-refractivity contribution in [3.8, 4) is 0 Å². The first-order chi connectivity index (χ1) is 13.5. The molecule has 0 spiro atoms. The molecule has 2 amide bonds. The Kier molecular flexibility index (Phi) is 7.42. The van der Waals surface area contributed by atoms with Gasteiger partial charge >= 0.3 is 0 Å². The highest BCUT2D eigenvalue weighted by Gasteiger charge is 2.32. The van der Waals surface area contributed by atoms with E-state index in [0.717, 1.165) is 16.5 Å². The van der Waals surface area contributed by atoms with E-state index >= 15 is 0 Å². The second-order valence-electron chi connectivity index (χ2n) is 6.22. The van der Waals surface area contributed by atoms with Gasteiger partial charge in [-0.3, -0.25) is 14.5 Å². The summed E-state index contributed by atoms with van der Waals surface area (Å²) in [5, 5.41) is 2.90. The zero-order valence-corrected chi connectivity index (χ0v) is 18.3. The maximum atomic E-state index is 12.6. The molecule has 0 aromatic heterocycles. The summed E-state index contributed by atoms with van der Waals surface area (Å²) in [5.41, 5.74) is 2.10. The second-order valence-corrected chi connectivity index (χ2v) is 8.82. The molecule has 1 fully saturated rings. The van der Waals surface area contributed by atoms with E-state index in [9.17, 15) is 9.59 Å². The fraction of sp³-hybridized carbons (Fsp3) is 0.190. The predicted molar refractivity (Wildman–Crippen MR) is 122 cm³/mol. The van der Waals surface area contributed by atoms with Gasteiger partial charge in [0.15, 0.2) is 0 Å². The van der Waals surface area contributed by atoms with Crippen molar-refractivity contribution < 1.29 is 9.59 Å². The minimum Gasteiger partial charge on any atom is -0.356 e. The summed E-state index contributed by atoms with van der Waals surface area (Å²) < 4.78 is 1.44.